The first-order chi connectivity index (χ1) is 26.6. The summed E-state index contributed by atoms with van der Waals surface area (Å²) in [4.78, 5) is 80.5. The number of aromatic nitrogens is 2. The van der Waals surface area contributed by atoms with Gasteiger partial charge in [-0.25, -0.2) is 9.97 Å². The minimum absolute atomic E-state index is 0.0741. The van der Waals surface area contributed by atoms with Crippen molar-refractivity contribution >= 4 is 52.8 Å². The Bertz CT molecular complexity index is 2060. The van der Waals surface area contributed by atoms with Gasteiger partial charge in [0.1, 0.15) is 12.1 Å². The SMILES string of the molecule is CN(c1ccc(C#N)c(Cl)c1)C1CCC(NC(=O)c2cnc(N3CCC(CN4Cc5cc6c(cc5C4)C(=O)N(C4CCC(=O)NC4=O)C6=O)CC3)nc2)CC1. The van der Waals surface area contributed by atoms with Crippen molar-refractivity contribution in [2.45, 2.75) is 82.6 Å². The van der Waals surface area contributed by atoms with Crippen molar-refractivity contribution in [3.05, 3.63) is 81.1 Å². The molecule has 4 aliphatic heterocycles. The second-order valence-electron chi connectivity index (χ2n) is 15.4. The number of nitrogens with one attached hydrogen (secondary N) is 2. The van der Waals surface area contributed by atoms with E-state index in [0.717, 1.165) is 79.9 Å². The van der Waals surface area contributed by atoms with Crippen molar-refractivity contribution in [1.29, 1.82) is 5.26 Å². The molecule has 5 amide bonds. The van der Waals surface area contributed by atoms with Crippen molar-refractivity contribution in [2.75, 3.05) is 36.5 Å². The maximum absolute atomic E-state index is 13.3. The summed E-state index contributed by atoms with van der Waals surface area (Å²) in [5, 5.41) is 15.0. The largest absolute Gasteiger partial charge is 0.372 e. The van der Waals surface area contributed by atoms with Gasteiger partial charge in [-0.1, -0.05) is 11.6 Å². The third-order valence-corrected chi connectivity index (χ3v) is 12.2. The molecule has 0 bridgehead atoms. The van der Waals surface area contributed by atoms with Crippen molar-refractivity contribution in [2.24, 2.45) is 5.92 Å². The van der Waals surface area contributed by atoms with Gasteiger partial charge in [0.15, 0.2) is 0 Å². The highest BCUT2D eigenvalue weighted by atomic mass is 35.5. The summed E-state index contributed by atoms with van der Waals surface area (Å²) >= 11 is 6.26. The van der Waals surface area contributed by atoms with E-state index >= 15 is 0 Å². The first kappa shape index (κ1) is 36.6. The molecule has 2 N–H and O–H groups in total. The quantitative estimate of drug-likeness (QED) is 0.320. The van der Waals surface area contributed by atoms with Crippen LogP contribution in [0.25, 0.3) is 0 Å². The zero-order valence-corrected chi connectivity index (χ0v) is 31.3. The van der Waals surface area contributed by atoms with Gasteiger partial charge in [-0.15, -0.1) is 0 Å². The number of anilines is 2. The first-order valence-corrected chi connectivity index (χ1v) is 19.3. The van der Waals surface area contributed by atoms with Gasteiger partial charge in [-0.05, 0) is 92.3 Å². The number of carbonyl (C=O) groups is 5. The number of benzene rings is 2. The molecule has 1 atom stereocenters. The molecule has 14 nitrogen and oxygen atoms in total. The fraction of sp³-hybridized carbons (Fsp3) is 0.450. The average molecular weight is 764 g/mol. The molecule has 5 aliphatic rings. The highest BCUT2D eigenvalue weighted by Gasteiger charge is 2.45. The van der Waals surface area contributed by atoms with Crippen LogP contribution >= 0.6 is 11.6 Å². The molecule has 55 heavy (non-hydrogen) atoms. The molecular weight excluding hydrogens is 722 g/mol. The van der Waals surface area contributed by atoms with Crippen LogP contribution in [0.5, 0.6) is 0 Å². The van der Waals surface area contributed by atoms with Gasteiger partial charge in [0.25, 0.3) is 17.7 Å². The van der Waals surface area contributed by atoms with Gasteiger partial charge < -0.3 is 15.1 Å². The lowest BCUT2D eigenvalue weighted by molar-refractivity contribution is -0.136. The van der Waals surface area contributed by atoms with Gasteiger partial charge in [0, 0.05) is 76.4 Å². The number of hydrogen-bond acceptors (Lipinski definition) is 11. The number of halogens is 1. The predicted molar refractivity (Wildman–Crippen MR) is 202 cm³/mol. The first-order valence-electron chi connectivity index (χ1n) is 19.0. The molecule has 1 saturated carbocycles. The molecule has 8 rings (SSSR count). The van der Waals surface area contributed by atoms with Gasteiger partial charge in [0.2, 0.25) is 17.8 Å². The van der Waals surface area contributed by atoms with E-state index in [-0.39, 0.29) is 24.8 Å². The van der Waals surface area contributed by atoms with Crippen LogP contribution < -0.4 is 20.4 Å². The van der Waals surface area contributed by atoms with E-state index in [9.17, 15) is 24.0 Å². The molecule has 5 heterocycles. The number of hydrogen-bond donors (Lipinski definition) is 2. The van der Waals surface area contributed by atoms with E-state index in [1.54, 1.807) is 18.5 Å². The zero-order valence-electron chi connectivity index (χ0n) is 30.6. The van der Waals surface area contributed by atoms with E-state index in [1.165, 1.54) is 0 Å². The zero-order chi connectivity index (χ0) is 38.4. The van der Waals surface area contributed by atoms with Crippen LogP contribution in [0.1, 0.15) is 99.1 Å². The average Bonchev–Trinajstić information content (AvgIpc) is 3.69. The fourth-order valence-corrected chi connectivity index (χ4v) is 8.97. The van der Waals surface area contributed by atoms with Crippen LogP contribution in [0, 0.1) is 17.2 Å². The van der Waals surface area contributed by atoms with E-state index in [2.05, 4.69) is 41.4 Å². The van der Waals surface area contributed by atoms with Crippen molar-refractivity contribution in [3.63, 3.8) is 0 Å². The Labute approximate surface area is 323 Å². The lowest BCUT2D eigenvalue weighted by Gasteiger charge is -2.36. The Balaban J connectivity index is 0.784. The third-order valence-electron chi connectivity index (χ3n) is 11.9. The van der Waals surface area contributed by atoms with Gasteiger partial charge >= 0.3 is 0 Å². The molecule has 0 spiro atoms. The van der Waals surface area contributed by atoms with Crippen LogP contribution in [0.2, 0.25) is 5.02 Å². The number of imide groups is 2. The molecule has 3 aromatic rings. The van der Waals surface area contributed by atoms with Crippen LogP contribution in [0.15, 0.2) is 42.7 Å². The number of amides is 5. The van der Waals surface area contributed by atoms with E-state index in [0.29, 0.717) is 58.3 Å². The maximum atomic E-state index is 13.3. The molecular formula is C40H42ClN9O5. The summed E-state index contributed by atoms with van der Waals surface area (Å²) in [5.74, 6) is -1.04. The lowest BCUT2D eigenvalue weighted by Crippen LogP contribution is -2.54. The summed E-state index contributed by atoms with van der Waals surface area (Å²) in [7, 11) is 2.04. The lowest BCUT2D eigenvalue weighted by atomic mass is 9.90. The Hall–Kier alpha value is -5.39. The normalized spacial score (nSPS) is 23.0. The summed E-state index contributed by atoms with van der Waals surface area (Å²) in [5.41, 5.74) is 4.57. The van der Waals surface area contributed by atoms with Gasteiger partial charge in [-0.2, -0.15) is 5.26 Å². The van der Waals surface area contributed by atoms with E-state index in [4.69, 9.17) is 16.9 Å². The second-order valence-corrected chi connectivity index (χ2v) is 15.8. The van der Waals surface area contributed by atoms with E-state index in [1.807, 2.05) is 31.3 Å². The highest BCUT2D eigenvalue weighted by Crippen LogP contribution is 2.35. The minimum Gasteiger partial charge on any atom is -0.372 e. The summed E-state index contributed by atoms with van der Waals surface area (Å²) in [6, 6.07) is 10.6. The number of nitrogens with zero attached hydrogens (tertiary/aromatic N) is 7. The van der Waals surface area contributed by atoms with Crippen LogP contribution in [-0.4, -0.2) is 94.1 Å². The Kier molecular flexibility index (Phi) is 10.00. The molecule has 2 aromatic carbocycles. The number of nitriles is 1. The topological polar surface area (TPSA) is 172 Å². The third kappa shape index (κ3) is 7.26. The standard InChI is InChI=1S/C40H42ClN9O5/c1-47(30-5-2-24(17-42)33(41)16-30)29-6-3-28(4-7-29)45-36(52)27-18-43-40(44-19-27)49-12-10-23(11-13-49)20-48-21-25-14-31-32(15-26(25)22-48)39(55)50(38(31)54)34-8-9-35(51)46-37(34)53/h2,5,14-16,18-19,23,28-29,34H,3-4,6-13,20-22H2,1H3,(H,45,52)(H,46,51,53). The molecule has 2 saturated heterocycles. The predicted octanol–water partition coefficient (Wildman–Crippen LogP) is 3.81. The number of rotatable bonds is 8. The Morgan fingerprint density at radius 3 is 2.20 bits per heavy atom. The molecule has 284 valence electrons. The van der Waals surface area contributed by atoms with Gasteiger partial charge in [0.05, 0.1) is 27.3 Å². The van der Waals surface area contributed by atoms with Gasteiger partial charge in [-0.3, -0.25) is 39.1 Å². The molecule has 0 radical (unpaired) electrons. The highest BCUT2D eigenvalue weighted by molar-refractivity contribution is 6.32. The molecule has 15 heteroatoms. The molecule has 1 aromatic heterocycles. The van der Waals surface area contributed by atoms with Crippen molar-refractivity contribution in [3.8, 4) is 6.07 Å². The summed E-state index contributed by atoms with van der Waals surface area (Å²) in [6.45, 7) is 3.86. The Morgan fingerprint density at radius 1 is 0.945 bits per heavy atom. The second kappa shape index (κ2) is 15.0. The fourth-order valence-electron chi connectivity index (χ4n) is 8.75. The van der Waals surface area contributed by atoms with Crippen LogP contribution in [0.4, 0.5) is 11.6 Å². The smallest absolute Gasteiger partial charge is 0.262 e. The summed E-state index contributed by atoms with van der Waals surface area (Å²) in [6.07, 6.45) is 8.92. The number of carbonyl (C=O) groups excluding carboxylic acids is 5. The number of piperidine rings is 2. The van der Waals surface area contributed by atoms with Crippen LogP contribution in [0.3, 0.4) is 0 Å². The molecule has 1 aliphatic carbocycles. The van der Waals surface area contributed by atoms with Crippen LogP contribution in [-0.2, 0) is 22.7 Å². The van der Waals surface area contributed by atoms with E-state index < -0.39 is 29.7 Å². The number of fused-ring (bicyclic) bond motifs is 2. The summed E-state index contributed by atoms with van der Waals surface area (Å²) < 4.78 is 0. The van der Waals surface area contributed by atoms with Crippen molar-refractivity contribution in [1.82, 2.24) is 30.4 Å². The van der Waals surface area contributed by atoms with Crippen molar-refractivity contribution < 1.29 is 24.0 Å². The molecule has 3 fully saturated rings. The molecule has 1 unspecified atom stereocenters. The Morgan fingerprint density at radius 2 is 1.60 bits per heavy atom. The minimum atomic E-state index is -0.969. The maximum Gasteiger partial charge on any atom is 0.262 e. The monoisotopic (exact) mass is 763 g/mol.